The lowest BCUT2D eigenvalue weighted by molar-refractivity contribution is -0.143. The van der Waals surface area contributed by atoms with E-state index in [0.29, 0.717) is 19.4 Å². The maximum absolute atomic E-state index is 12.5. The van der Waals surface area contributed by atoms with Crippen LogP contribution in [0.4, 0.5) is 0 Å². The number of carbonyl (C=O) groups is 2. The van der Waals surface area contributed by atoms with Crippen LogP contribution < -0.4 is 5.32 Å². The number of hydrogen-bond donors (Lipinski definition) is 3. The second-order valence-electron chi connectivity index (χ2n) is 21.0. The molecule has 70 heavy (non-hydrogen) atoms. The van der Waals surface area contributed by atoms with E-state index in [-0.39, 0.29) is 18.5 Å². The number of hydrogen-bond acceptors (Lipinski definition) is 5. The zero-order chi connectivity index (χ0) is 50.7. The van der Waals surface area contributed by atoms with Gasteiger partial charge in [-0.25, -0.2) is 0 Å². The van der Waals surface area contributed by atoms with E-state index in [2.05, 4.69) is 55.6 Å². The minimum atomic E-state index is -0.856. The number of allylic oxidation sites excluding steroid dienone is 7. The van der Waals surface area contributed by atoms with Gasteiger partial charge in [-0.2, -0.15) is 0 Å². The monoisotopic (exact) mass is 982 g/mol. The van der Waals surface area contributed by atoms with Gasteiger partial charge in [0.1, 0.15) is 0 Å². The molecule has 0 aromatic heterocycles. The topological polar surface area (TPSA) is 95.9 Å². The molecule has 2 atom stereocenters. The number of unbranched alkanes of at least 4 members (excludes halogenated alkanes) is 40. The van der Waals surface area contributed by atoms with Crippen LogP contribution in [-0.4, -0.2) is 47.4 Å². The fourth-order valence-corrected chi connectivity index (χ4v) is 9.31. The average Bonchev–Trinajstić information content (AvgIpc) is 3.36. The van der Waals surface area contributed by atoms with Crippen LogP contribution in [0.15, 0.2) is 48.6 Å². The van der Waals surface area contributed by atoms with E-state index in [4.69, 9.17) is 4.74 Å². The Morgan fingerprint density at radius 1 is 0.400 bits per heavy atom. The Morgan fingerprint density at radius 3 is 1.13 bits per heavy atom. The SMILES string of the molecule is CCCCC/C=C\C/C=C\CCCCCCCCCCCC(=O)OCCCCCC/C=C\CCCCCCCCCC(=O)NC(CO)C(O)/C=C/CCCCCCCCCCCCCCCCCCC. The van der Waals surface area contributed by atoms with E-state index < -0.39 is 12.1 Å². The highest BCUT2D eigenvalue weighted by molar-refractivity contribution is 5.76. The van der Waals surface area contributed by atoms with Crippen molar-refractivity contribution in [1.82, 2.24) is 5.32 Å². The van der Waals surface area contributed by atoms with Crippen LogP contribution in [0.2, 0.25) is 0 Å². The van der Waals surface area contributed by atoms with Gasteiger partial charge in [-0.15, -0.1) is 0 Å². The third kappa shape index (κ3) is 55.1. The summed E-state index contributed by atoms with van der Waals surface area (Å²) in [5, 5.41) is 23.2. The molecule has 0 heterocycles. The molecule has 0 radical (unpaired) electrons. The summed E-state index contributed by atoms with van der Waals surface area (Å²) in [7, 11) is 0. The normalized spacial score (nSPS) is 12.9. The molecule has 0 fully saturated rings. The third-order valence-electron chi connectivity index (χ3n) is 14.1. The molecule has 0 aliphatic rings. The summed E-state index contributed by atoms with van der Waals surface area (Å²) in [6.45, 7) is 4.86. The van der Waals surface area contributed by atoms with Crippen LogP contribution in [0.5, 0.6) is 0 Å². The van der Waals surface area contributed by atoms with E-state index in [1.807, 2.05) is 6.08 Å². The van der Waals surface area contributed by atoms with Crippen LogP contribution in [-0.2, 0) is 14.3 Å². The molecule has 410 valence electrons. The second-order valence-corrected chi connectivity index (χ2v) is 21.0. The summed E-state index contributed by atoms with van der Waals surface area (Å²) >= 11 is 0. The van der Waals surface area contributed by atoms with E-state index in [1.165, 1.54) is 218 Å². The van der Waals surface area contributed by atoms with Crippen LogP contribution in [0.1, 0.15) is 322 Å². The maximum atomic E-state index is 12.5. The van der Waals surface area contributed by atoms with Gasteiger partial charge in [-0.05, 0) is 89.9 Å². The van der Waals surface area contributed by atoms with Gasteiger partial charge in [-0.3, -0.25) is 9.59 Å². The predicted molar refractivity (Wildman–Crippen MR) is 306 cm³/mol. The second kappa shape index (κ2) is 59.4. The number of aliphatic hydroxyl groups excluding tert-OH is 2. The van der Waals surface area contributed by atoms with Crippen molar-refractivity contribution in [2.75, 3.05) is 13.2 Å². The lowest BCUT2D eigenvalue weighted by Crippen LogP contribution is -2.45. The molecular weight excluding hydrogens is 863 g/mol. The number of nitrogens with one attached hydrogen (secondary N) is 1. The Balaban J connectivity index is 3.49. The largest absolute Gasteiger partial charge is 0.466 e. The molecule has 0 aliphatic heterocycles. The van der Waals surface area contributed by atoms with E-state index >= 15 is 0 Å². The van der Waals surface area contributed by atoms with Crippen LogP contribution in [0.3, 0.4) is 0 Å². The van der Waals surface area contributed by atoms with Gasteiger partial charge in [0, 0.05) is 12.8 Å². The van der Waals surface area contributed by atoms with E-state index in [0.717, 1.165) is 77.0 Å². The highest BCUT2D eigenvalue weighted by Gasteiger charge is 2.18. The fourth-order valence-electron chi connectivity index (χ4n) is 9.31. The minimum Gasteiger partial charge on any atom is -0.466 e. The first-order valence-corrected chi connectivity index (χ1v) is 30.9. The smallest absolute Gasteiger partial charge is 0.305 e. The van der Waals surface area contributed by atoms with Crippen molar-refractivity contribution in [2.24, 2.45) is 0 Å². The quantitative estimate of drug-likeness (QED) is 0.0321. The van der Waals surface area contributed by atoms with Gasteiger partial charge in [0.2, 0.25) is 5.91 Å². The number of aliphatic hydroxyl groups is 2. The van der Waals surface area contributed by atoms with Gasteiger partial charge >= 0.3 is 5.97 Å². The van der Waals surface area contributed by atoms with Gasteiger partial charge in [0.15, 0.2) is 0 Å². The Morgan fingerprint density at radius 2 is 0.714 bits per heavy atom. The first-order valence-electron chi connectivity index (χ1n) is 30.9. The molecule has 0 aromatic rings. The number of carbonyl (C=O) groups excluding carboxylic acids is 2. The summed E-state index contributed by atoms with van der Waals surface area (Å²) in [6, 6.07) is -0.641. The number of amides is 1. The lowest BCUT2D eigenvalue weighted by Gasteiger charge is -2.20. The minimum absolute atomic E-state index is 0.0150. The Labute approximate surface area is 436 Å². The van der Waals surface area contributed by atoms with E-state index in [9.17, 15) is 19.8 Å². The van der Waals surface area contributed by atoms with Crippen molar-refractivity contribution in [3.8, 4) is 0 Å². The Kier molecular flexibility index (Phi) is 57.5. The highest BCUT2D eigenvalue weighted by Crippen LogP contribution is 2.17. The fraction of sp³-hybridized carbons (Fsp3) is 0.844. The molecule has 0 aliphatic carbocycles. The lowest BCUT2D eigenvalue weighted by atomic mass is 10.0. The zero-order valence-corrected chi connectivity index (χ0v) is 46.7. The first-order chi connectivity index (χ1) is 34.5. The van der Waals surface area contributed by atoms with Crippen molar-refractivity contribution in [2.45, 2.75) is 334 Å². The maximum Gasteiger partial charge on any atom is 0.305 e. The molecule has 0 rings (SSSR count). The van der Waals surface area contributed by atoms with Crippen molar-refractivity contribution >= 4 is 11.9 Å². The molecular formula is C64H119NO5. The van der Waals surface area contributed by atoms with Crippen molar-refractivity contribution in [1.29, 1.82) is 0 Å². The molecule has 1 amide bonds. The third-order valence-corrected chi connectivity index (χ3v) is 14.1. The first kappa shape index (κ1) is 67.8. The van der Waals surface area contributed by atoms with Gasteiger partial charge in [0.05, 0.1) is 25.4 Å². The van der Waals surface area contributed by atoms with Crippen LogP contribution in [0, 0.1) is 0 Å². The number of rotatable bonds is 57. The summed E-state index contributed by atoms with van der Waals surface area (Å²) in [5.41, 5.74) is 0. The number of ether oxygens (including phenoxy) is 1. The van der Waals surface area contributed by atoms with Crippen molar-refractivity contribution < 1.29 is 24.5 Å². The standard InChI is InChI=1S/C64H119NO5/c1-3-5-7-9-11-13-15-17-19-21-23-25-28-32-36-40-44-48-52-56-62(67)61(60-66)65-63(68)57-53-49-45-41-37-33-29-27-31-35-39-43-47-51-55-59-70-64(69)58-54-50-46-42-38-34-30-26-24-22-20-18-16-14-12-10-8-6-4-2/h12,14,18,20,31,35,52,56,61-62,66-67H,3-11,13,15-17,19,21-30,32-34,36-51,53-55,57-60H2,1-2H3,(H,65,68)/b14-12-,20-18-,35-31-,56-52+. The molecule has 0 saturated heterocycles. The predicted octanol–water partition coefficient (Wildman–Crippen LogP) is 19.4. The van der Waals surface area contributed by atoms with Gasteiger partial charge in [-0.1, -0.05) is 268 Å². The molecule has 6 nitrogen and oxygen atoms in total. The van der Waals surface area contributed by atoms with Crippen LogP contribution in [0.25, 0.3) is 0 Å². The number of esters is 1. The van der Waals surface area contributed by atoms with Crippen LogP contribution >= 0.6 is 0 Å². The Hall–Kier alpha value is -2.18. The van der Waals surface area contributed by atoms with Gasteiger partial charge < -0.3 is 20.3 Å². The van der Waals surface area contributed by atoms with Crippen molar-refractivity contribution in [3.05, 3.63) is 48.6 Å². The Bertz CT molecular complexity index is 1180. The molecule has 0 aromatic carbocycles. The molecule has 0 bridgehead atoms. The molecule has 0 saturated carbocycles. The molecule has 0 spiro atoms. The van der Waals surface area contributed by atoms with E-state index in [1.54, 1.807) is 6.08 Å². The molecule has 2 unspecified atom stereocenters. The summed E-state index contributed by atoms with van der Waals surface area (Å²) in [5.74, 6) is -0.0970. The highest BCUT2D eigenvalue weighted by atomic mass is 16.5. The summed E-state index contributed by atoms with van der Waals surface area (Å²) < 4.78 is 5.48. The van der Waals surface area contributed by atoms with Crippen molar-refractivity contribution in [3.63, 3.8) is 0 Å². The zero-order valence-electron chi connectivity index (χ0n) is 46.7. The summed E-state index contributed by atoms with van der Waals surface area (Å²) in [6.07, 6.45) is 75.7. The molecule has 3 N–H and O–H groups in total. The molecule has 6 heteroatoms. The average molecular weight is 983 g/mol. The van der Waals surface area contributed by atoms with Gasteiger partial charge in [0.25, 0.3) is 0 Å². The summed E-state index contributed by atoms with van der Waals surface area (Å²) in [4.78, 5) is 24.6.